The van der Waals surface area contributed by atoms with Gasteiger partial charge in [0.05, 0.1) is 17.7 Å². The molecule has 0 atom stereocenters. The fourth-order valence-corrected chi connectivity index (χ4v) is 3.80. The van der Waals surface area contributed by atoms with E-state index in [4.69, 9.17) is 16.3 Å². The van der Waals surface area contributed by atoms with E-state index in [-0.39, 0.29) is 29.6 Å². The molecule has 0 bridgehead atoms. The monoisotopic (exact) mass is 396 g/mol. The summed E-state index contributed by atoms with van der Waals surface area (Å²) in [5.41, 5.74) is 2.12. The Bertz CT molecular complexity index is 913. The minimum Gasteiger partial charge on any atom is -0.495 e. The fraction of sp³-hybridized carbons (Fsp3) is 0.278. The van der Waals surface area contributed by atoms with E-state index in [1.165, 1.54) is 7.11 Å². The highest BCUT2D eigenvalue weighted by molar-refractivity contribution is 7.89. The molecule has 0 aliphatic heterocycles. The molecule has 1 amide bonds. The van der Waals surface area contributed by atoms with Crippen LogP contribution in [0, 0.1) is 13.8 Å². The van der Waals surface area contributed by atoms with E-state index in [0.717, 1.165) is 11.1 Å². The maximum absolute atomic E-state index is 12.5. The molecular weight excluding hydrogens is 376 g/mol. The highest BCUT2D eigenvalue weighted by atomic mass is 35.5. The lowest BCUT2D eigenvalue weighted by molar-refractivity contribution is 0.0954. The molecule has 2 N–H and O–H groups in total. The summed E-state index contributed by atoms with van der Waals surface area (Å²) in [5.74, 6) is -0.0840. The summed E-state index contributed by atoms with van der Waals surface area (Å²) >= 11 is 5.96. The molecule has 0 aromatic heterocycles. The second kappa shape index (κ2) is 8.53. The number of sulfonamides is 1. The summed E-state index contributed by atoms with van der Waals surface area (Å²) in [6, 6.07) is 9.90. The summed E-state index contributed by atoms with van der Waals surface area (Å²) in [7, 11) is -2.34. The zero-order valence-electron chi connectivity index (χ0n) is 14.8. The van der Waals surface area contributed by atoms with Crippen LogP contribution < -0.4 is 14.8 Å². The molecule has 2 rings (SSSR count). The predicted octanol–water partition coefficient (Wildman–Crippen LogP) is 2.67. The van der Waals surface area contributed by atoms with Gasteiger partial charge in [-0.1, -0.05) is 23.7 Å². The molecule has 0 fully saturated rings. The number of methoxy groups -OCH3 is 1. The van der Waals surface area contributed by atoms with Crippen molar-refractivity contribution in [2.75, 3.05) is 20.2 Å². The van der Waals surface area contributed by atoms with Crippen LogP contribution >= 0.6 is 11.6 Å². The molecule has 0 saturated carbocycles. The smallest absolute Gasteiger partial charge is 0.252 e. The van der Waals surface area contributed by atoms with Crippen molar-refractivity contribution in [3.8, 4) is 5.75 Å². The van der Waals surface area contributed by atoms with Crippen LogP contribution in [0.1, 0.15) is 21.5 Å². The lowest BCUT2D eigenvalue weighted by Gasteiger charge is -2.13. The van der Waals surface area contributed by atoms with E-state index in [9.17, 15) is 13.2 Å². The molecular formula is C18H21ClN2O4S. The van der Waals surface area contributed by atoms with Gasteiger partial charge in [0.1, 0.15) is 10.6 Å². The molecule has 0 aliphatic rings. The van der Waals surface area contributed by atoms with Gasteiger partial charge >= 0.3 is 0 Å². The molecule has 140 valence electrons. The van der Waals surface area contributed by atoms with E-state index >= 15 is 0 Å². The Morgan fingerprint density at radius 1 is 1.12 bits per heavy atom. The zero-order chi connectivity index (χ0) is 19.3. The number of hydrogen-bond donors (Lipinski definition) is 2. The van der Waals surface area contributed by atoms with Gasteiger partial charge in [0.2, 0.25) is 10.0 Å². The zero-order valence-corrected chi connectivity index (χ0v) is 16.4. The first-order valence-electron chi connectivity index (χ1n) is 7.94. The third-order valence-electron chi connectivity index (χ3n) is 3.89. The van der Waals surface area contributed by atoms with Crippen molar-refractivity contribution in [2.24, 2.45) is 0 Å². The summed E-state index contributed by atoms with van der Waals surface area (Å²) in [6.07, 6.45) is 0. The Labute approximate surface area is 158 Å². The first kappa shape index (κ1) is 20.2. The number of amides is 1. The third-order valence-corrected chi connectivity index (χ3v) is 5.70. The van der Waals surface area contributed by atoms with E-state index < -0.39 is 10.0 Å². The van der Waals surface area contributed by atoms with Crippen molar-refractivity contribution in [1.82, 2.24) is 10.0 Å². The molecule has 0 aliphatic carbocycles. The molecule has 0 unspecified atom stereocenters. The molecule has 0 radical (unpaired) electrons. The van der Waals surface area contributed by atoms with Crippen LogP contribution in [-0.4, -0.2) is 34.5 Å². The van der Waals surface area contributed by atoms with Crippen molar-refractivity contribution >= 4 is 27.5 Å². The van der Waals surface area contributed by atoms with Crippen molar-refractivity contribution in [1.29, 1.82) is 0 Å². The van der Waals surface area contributed by atoms with E-state index in [1.807, 2.05) is 13.8 Å². The van der Waals surface area contributed by atoms with Crippen LogP contribution in [0.5, 0.6) is 5.75 Å². The largest absolute Gasteiger partial charge is 0.495 e. The van der Waals surface area contributed by atoms with Crippen molar-refractivity contribution in [3.05, 3.63) is 58.1 Å². The summed E-state index contributed by atoms with van der Waals surface area (Å²) in [6.45, 7) is 3.87. The second-order valence-corrected chi connectivity index (χ2v) is 7.86. The van der Waals surface area contributed by atoms with Crippen LogP contribution in [0.25, 0.3) is 0 Å². The SMILES string of the molecule is COc1cc(C)c(C)cc1S(=O)(=O)NCCNC(=O)c1ccccc1Cl. The Kier molecular flexibility index (Phi) is 6.63. The maximum Gasteiger partial charge on any atom is 0.252 e. The van der Waals surface area contributed by atoms with Gasteiger partial charge in [-0.3, -0.25) is 4.79 Å². The van der Waals surface area contributed by atoms with Gasteiger partial charge in [0, 0.05) is 13.1 Å². The Hall–Kier alpha value is -2.09. The van der Waals surface area contributed by atoms with Crippen LogP contribution in [0.4, 0.5) is 0 Å². The predicted molar refractivity (Wildman–Crippen MR) is 101 cm³/mol. The van der Waals surface area contributed by atoms with Gasteiger partial charge in [-0.15, -0.1) is 0 Å². The van der Waals surface area contributed by atoms with Crippen LogP contribution in [0.15, 0.2) is 41.3 Å². The minimum absolute atomic E-state index is 0.0363. The van der Waals surface area contributed by atoms with E-state index in [1.54, 1.807) is 36.4 Å². The first-order valence-corrected chi connectivity index (χ1v) is 9.80. The highest BCUT2D eigenvalue weighted by Crippen LogP contribution is 2.27. The average molecular weight is 397 g/mol. The number of carbonyl (C=O) groups excluding carboxylic acids is 1. The summed E-state index contributed by atoms with van der Waals surface area (Å²) in [5, 5.41) is 2.97. The average Bonchev–Trinajstić information content (AvgIpc) is 2.60. The summed E-state index contributed by atoms with van der Waals surface area (Å²) in [4.78, 5) is 12.1. The molecule has 0 heterocycles. The molecule has 26 heavy (non-hydrogen) atoms. The topological polar surface area (TPSA) is 84.5 Å². The lowest BCUT2D eigenvalue weighted by Crippen LogP contribution is -2.35. The summed E-state index contributed by atoms with van der Waals surface area (Å²) < 4.78 is 32.7. The Morgan fingerprint density at radius 3 is 2.42 bits per heavy atom. The van der Waals surface area contributed by atoms with Gasteiger partial charge in [-0.2, -0.15) is 0 Å². The molecule has 2 aromatic carbocycles. The van der Waals surface area contributed by atoms with Crippen molar-refractivity contribution in [3.63, 3.8) is 0 Å². The Morgan fingerprint density at radius 2 is 1.77 bits per heavy atom. The number of carbonyl (C=O) groups is 1. The van der Waals surface area contributed by atoms with Crippen LogP contribution in [-0.2, 0) is 10.0 Å². The quantitative estimate of drug-likeness (QED) is 0.704. The second-order valence-electron chi connectivity index (χ2n) is 5.72. The number of benzene rings is 2. The molecule has 8 heteroatoms. The highest BCUT2D eigenvalue weighted by Gasteiger charge is 2.20. The number of rotatable bonds is 7. The Balaban J connectivity index is 2.00. The lowest BCUT2D eigenvalue weighted by atomic mass is 10.1. The van der Waals surface area contributed by atoms with Gasteiger partial charge in [-0.05, 0) is 49.2 Å². The number of hydrogen-bond acceptors (Lipinski definition) is 4. The van der Waals surface area contributed by atoms with Crippen LogP contribution in [0.3, 0.4) is 0 Å². The number of aryl methyl sites for hydroxylation is 2. The van der Waals surface area contributed by atoms with Crippen molar-refractivity contribution < 1.29 is 17.9 Å². The first-order chi connectivity index (χ1) is 12.3. The number of ether oxygens (including phenoxy) is 1. The molecule has 0 spiro atoms. The normalized spacial score (nSPS) is 11.2. The number of halogens is 1. The van der Waals surface area contributed by atoms with Gasteiger partial charge in [0.15, 0.2) is 0 Å². The fourth-order valence-electron chi connectivity index (χ4n) is 2.31. The van der Waals surface area contributed by atoms with Gasteiger partial charge in [0.25, 0.3) is 5.91 Å². The molecule has 6 nitrogen and oxygen atoms in total. The van der Waals surface area contributed by atoms with Crippen LogP contribution in [0.2, 0.25) is 5.02 Å². The standard InChI is InChI=1S/C18H21ClN2O4S/c1-12-10-16(25-3)17(11-13(12)2)26(23,24)21-9-8-20-18(22)14-6-4-5-7-15(14)19/h4-7,10-11,21H,8-9H2,1-3H3,(H,20,22). The maximum atomic E-state index is 12.5. The van der Waals surface area contributed by atoms with E-state index in [2.05, 4.69) is 10.0 Å². The van der Waals surface area contributed by atoms with Crippen molar-refractivity contribution in [2.45, 2.75) is 18.7 Å². The van der Waals surface area contributed by atoms with E-state index in [0.29, 0.717) is 10.6 Å². The number of nitrogens with one attached hydrogen (secondary N) is 2. The molecule has 2 aromatic rings. The molecule has 0 saturated heterocycles. The minimum atomic E-state index is -3.77. The van der Waals surface area contributed by atoms with Gasteiger partial charge in [-0.25, -0.2) is 13.1 Å². The third kappa shape index (κ3) is 4.75. The van der Waals surface area contributed by atoms with Gasteiger partial charge < -0.3 is 10.1 Å².